The first-order chi connectivity index (χ1) is 8.83. The number of halogens is 3. The van der Waals surface area contributed by atoms with Crippen LogP contribution in [0.1, 0.15) is 45.4 Å². The number of hydrogen-bond donors (Lipinski definition) is 3. The molecule has 0 bridgehead atoms. The molecule has 0 spiro atoms. The lowest BCUT2D eigenvalue weighted by atomic mass is 9.75. The molecule has 0 aliphatic heterocycles. The van der Waals surface area contributed by atoms with Gasteiger partial charge in [-0.3, -0.25) is 0 Å². The number of aliphatic hydroxyl groups excluding tert-OH is 1. The SMILES string of the molecule is CC(CCCO)NC1(CN)CCCC(C(F)(F)F)C1. The number of aliphatic hydroxyl groups is 1. The third kappa shape index (κ3) is 4.93. The fraction of sp³-hybridized carbons (Fsp3) is 1.00. The van der Waals surface area contributed by atoms with Gasteiger partial charge in [-0.15, -0.1) is 0 Å². The van der Waals surface area contributed by atoms with Crippen molar-refractivity contribution in [3.63, 3.8) is 0 Å². The van der Waals surface area contributed by atoms with Gasteiger partial charge >= 0.3 is 6.18 Å². The van der Waals surface area contributed by atoms with E-state index in [2.05, 4.69) is 5.32 Å². The molecule has 6 heteroatoms. The Labute approximate surface area is 112 Å². The fourth-order valence-electron chi connectivity index (χ4n) is 3.01. The van der Waals surface area contributed by atoms with Crippen LogP contribution in [0.25, 0.3) is 0 Å². The summed E-state index contributed by atoms with van der Waals surface area (Å²) in [5, 5.41) is 12.1. The monoisotopic (exact) mass is 282 g/mol. The maximum atomic E-state index is 12.9. The Morgan fingerprint density at radius 1 is 1.47 bits per heavy atom. The highest BCUT2D eigenvalue weighted by atomic mass is 19.4. The third-order valence-electron chi connectivity index (χ3n) is 4.05. The lowest BCUT2D eigenvalue weighted by molar-refractivity contribution is -0.188. The lowest BCUT2D eigenvalue weighted by Crippen LogP contribution is -2.58. The van der Waals surface area contributed by atoms with E-state index in [0.717, 1.165) is 6.42 Å². The van der Waals surface area contributed by atoms with Crippen LogP contribution >= 0.6 is 0 Å². The van der Waals surface area contributed by atoms with Crippen molar-refractivity contribution in [1.82, 2.24) is 5.32 Å². The zero-order valence-corrected chi connectivity index (χ0v) is 11.5. The Hall–Kier alpha value is -0.330. The van der Waals surface area contributed by atoms with E-state index in [1.54, 1.807) is 0 Å². The largest absolute Gasteiger partial charge is 0.396 e. The number of rotatable bonds is 6. The highest BCUT2D eigenvalue weighted by molar-refractivity contribution is 4.97. The Kier molecular flexibility index (Phi) is 6.08. The molecule has 1 aliphatic carbocycles. The van der Waals surface area contributed by atoms with E-state index in [0.29, 0.717) is 19.3 Å². The summed E-state index contributed by atoms with van der Waals surface area (Å²) in [5.74, 6) is -1.25. The lowest BCUT2D eigenvalue weighted by Gasteiger charge is -2.43. The molecule has 4 N–H and O–H groups in total. The zero-order chi connectivity index (χ0) is 14.5. The van der Waals surface area contributed by atoms with E-state index < -0.39 is 17.6 Å². The van der Waals surface area contributed by atoms with Crippen molar-refractivity contribution >= 4 is 0 Å². The van der Waals surface area contributed by atoms with Gasteiger partial charge in [0.15, 0.2) is 0 Å². The molecule has 1 fully saturated rings. The van der Waals surface area contributed by atoms with Gasteiger partial charge in [0.1, 0.15) is 0 Å². The van der Waals surface area contributed by atoms with E-state index in [4.69, 9.17) is 10.8 Å². The van der Waals surface area contributed by atoms with Gasteiger partial charge in [0.25, 0.3) is 0 Å². The average Bonchev–Trinajstić information content (AvgIpc) is 2.35. The molecular formula is C13H25F3N2O. The van der Waals surface area contributed by atoms with Crippen molar-refractivity contribution in [2.75, 3.05) is 13.2 Å². The molecule has 3 unspecified atom stereocenters. The smallest absolute Gasteiger partial charge is 0.391 e. The van der Waals surface area contributed by atoms with Crippen molar-refractivity contribution in [3.8, 4) is 0 Å². The van der Waals surface area contributed by atoms with Crippen LogP contribution in [0, 0.1) is 5.92 Å². The fourth-order valence-corrected chi connectivity index (χ4v) is 3.01. The molecule has 0 amide bonds. The number of nitrogens with two attached hydrogens (primary N) is 1. The van der Waals surface area contributed by atoms with E-state index >= 15 is 0 Å². The van der Waals surface area contributed by atoms with Crippen LogP contribution in [-0.4, -0.2) is 36.0 Å². The summed E-state index contributed by atoms with van der Waals surface area (Å²) in [6.45, 7) is 2.26. The Morgan fingerprint density at radius 3 is 2.68 bits per heavy atom. The Morgan fingerprint density at radius 2 is 2.16 bits per heavy atom. The molecule has 0 radical (unpaired) electrons. The minimum Gasteiger partial charge on any atom is -0.396 e. The molecule has 0 heterocycles. The summed E-state index contributed by atoms with van der Waals surface area (Å²) in [6.07, 6.45) is -1.21. The van der Waals surface area contributed by atoms with Crippen molar-refractivity contribution in [1.29, 1.82) is 0 Å². The predicted octanol–water partition coefficient (Wildman–Crippen LogP) is 2.19. The van der Waals surface area contributed by atoms with Crippen LogP contribution in [0.15, 0.2) is 0 Å². The second-order valence-electron chi connectivity index (χ2n) is 5.73. The van der Waals surface area contributed by atoms with E-state index in [-0.39, 0.29) is 32.0 Å². The molecule has 3 atom stereocenters. The quantitative estimate of drug-likeness (QED) is 0.700. The number of nitrogens with one attached hydrogen (secondary N) is 1. The van der Waals surface area contributed by atoms with Crippen LogP contribution in [0.3, 0.4) is 0 Å². The molecule has 0 aromatic carbocycles. The van der Waals surface area contributed by atoms with Crippen molar-refractivity contribution < 1.29 is 18.3 Å². The molecular weight excluding hydrogens is 257 g/mol. The maximum absolute atomic E-state index is 12.9. The number of alkyl halides is 3. The summed E-state index contributed by atoms with van der Waals surface area (Å²) in [4.78, 5) is 0. The van der Waals surface area contributed by atoms with Gasteiger partial charge in [-0.2, -0.15) is 13.2 Å². The van der Waals surface area contributed by atoms with E-state index in [1.807, 2.05) is 6.92 Å². The summed E-state index contributed by atoms with van der Waals surface area (Å²) in [7, 11) is 0. The van der Waals surface area contributed by atoms with E-state index in [1.165, 1.54) is 0 Å². The first-order valence-corrected chi connectivity index (χ1v) is 6.98. The maximum Gasteiger partial charge on any atom is 0.391 e. The van der Waals surface area contributed by atoms with Crippen molar-refractivity contribution in [3.05, 3.63) is 0 Å². The second kappa shape index (κ2) is 6.90. The zero-order valence-electron chi connectivity index (χ0n) is 11.5. The molecule has 19 heavy (non-hydrogen) atoms. The summed E-state index contributed by atoms with van der Waals surface area (Å²) in [6, 6.07) is 0.0719. The Balaban J connectivity index is 2.63. The van der Waals surface area contributed by atoms with Crippen molar-refractivity contribution in [2.45, 2.75) is 63.2 Å². The molecule has 1 aliphatic rings. The van der Waals surface area contributed by atoms with E-state index in [9.17, 15) is 13.2 Å². The summed E-state index contributed by atoms with van der Waals surface area (Å²) < 4.78 is 38.6. The van der Waals surface area contributed by atoms with Crippen LogP contribution in [0.5, 0.6) is 0 Å². The highest BCUT2D eigenvalue weighted by Gasteiger charge is 2.47. The molecule has 0 saturated heterocycles. The topological polar surface area (TPSA) is 58.3 Å². The van der Waals surface area contributed by atoms with Gasteiger partial charge in [0.05, 0.1) is 5.92 Å². The molecule has 0 aromatic heterocycles. The highest BCUT2D eigenvalue weighted by Crippen LogP contribution is 2.41. The molecule has 114 valence electrons. The average molecular weight is 282 g/mol. The van der Waals surface area contributed by atoms with Gasteiger partial charge in [-0.1, -0.05) is 6.42 Å². The van der Waals surface area contributed by atoms with Crippen LogP contribution in [0.2, 0.25) is 0 Å². The first kappa shape index (κ1) is 16.7. The second-order valence-corrected chi connectivity index (χ2v) is 5.73. The summed E-state index contributed by atoms with van der Waals surface area (Å²) in [5.41, 5.74) is 5.14. The minimum absolute atomic E-state index is 0.0659. The van der Waals surface area contributed by atoms with Crippen molar-refractivity contribution in [2.24, 2.45) is 11.7 Å². The standard InChI is InChI=1S/C13H25F3N2O/c1-10(4-3-7-19)18-12(9-17)6-2-5-11(8-12)13(14,15)16/h10-11,18-19H,2-9,17H2,1H3. The molecule has 3 nitrogen and oxygen atoms in total. The van der Waals surface area contributed by atoms with Crippen LogP contribution in [0.4, 0.5) is 13.2 Å². The van der Waals surface area contributed by atoms with Crippen LogP contribution in [-0.2, 0) is 0 Å². The predicted molar refractivity (Wildman–Crippen MR) is 68.7 cm³/mol. The van der Waals surface area contributed by atoms with Gasteiger partial charge in [-0.25, -0.2) is 0 Å². The minimum atomic E-state index is -4.13. The summed E-state index contributed by atoms with van der Waals surface area (Å²) >= 11 is 0. The number of hydrogen-bond acceptors (Lipinski definition) is 3. The molecule has 1 saturated carbocycles. The van der Waals surface area contributed by atoms with Crippen LogP contribution < -0.4 is 11.1 Å². The van der Waals surface area contributed by atoms with Gasteiger partial charge < -0.3 is 16.2 Å². The molecule has 0 aromatic rings. The first-order valence-electron chi connectivity index (χ1n) is 6.98. The third-order valence-corrected chi connectivity index (χ3v) is 4.05. The Bertz CT molecular complexity index is 273. The van der Waals surface area contributed by atoms with Gasteiger partial charge in [0, 0.05) is 24.7 Å². The van der Waals surface area contributed by atoms with Gasteiger partial charge in [0.2, 0.25) is 0 Å². The normalized spacial score (nSPS) is 30.3. The van der Waals surface area contributed by atoms with Gasteiger partial charge in [-0.05, 0) is 39.0 Å². The molecule has 1 rings (SSSR count).